The highest BCUT2D eigenvalue weighted by Gasteiger charge is 2.08. The molecule has 0 spiro atoms. The van der Waals surface area contributed by atoms with Gasteiger partial charge in [-0.15, -0.1) is 0 Å². The Labute approximate surface area is 103 Å². The fraction of sp³-hybridized carbons (Fsp3) is 0.250. The predicted molar refractivity (Wildman–Crippen MR) is 64.6 cm³/mol. The molecule has 2 aromatic heterocycles. The number of pyridine rings is 1. The molecule has 2 aromatic rings. The molecule has 2 heterocycles. The fourth-order valence-corrected chi connectivity index (χ4v) is 1.70. The Balaban J connectivity index is 1.96. The largest absolute Gasteiger partial charge is 0.477 e. The first-order valence-electron chi connectivity index (χ1n) is 5.58. The Morgan fingerprint density at radius 2 is 2.28 bits per heavy atom. The van der Waals surface area contributed by atoms with Gasteiger partial charge in [-0.3, -0.25) is 4.79 Å². The smallest absolute Gasteiger partial charge is 0.341 e. The van der Waals surface area contributed by atoms with E-state index in [9.17, 15) is 9.59 Å². The average molecular weight is 247 g/mol. The molecular formula is C12H13N3O3. The molecule has 6 heteroatoms. The van der Waals surface area contributed by atoms with Crippen molar-refractivity contribution in [1.29, 1.82) is 0 Å². The molecule has 0 aromatic carbocycles. The summed E-state index contributed by atoms with van der Waals surface area (Å²) in [7, 11) is 0. The van der Waals surface area contributed by atoms with Crippen molar-refractivity contribution in [2.45, 2.75) is 19.4 Å². The number of rotatable bonds is 5. The Hall–Kier alpha value is -2.37. The molecule has 0 radical (unpaired) electrons. The summed E-state index contributed by atoms with van der Waals surface area (Å²) in [5.74, 6) is -1.21. The van der Waals surface area contributed by atoms with Gasteiger partial charge in [-0.1, -0.05) is 0 Å². The van der Waals surface area contributed by atoms with E-state index in [4.69, 9.17) is 5.11 Å². The lowest BCUT2D eigenvalue weighted by atomic mass is 10.2. The maximum Gasteiger partial charge on any atom is 0.341 e. The molecule has 0 aliphatic heterocycles. The molecule has 0 saturated carbocycles. The molecule has 0 unspecified atom stereocenters. The van der Waals surface area contributed by atoms with E-state index < -0.39 is 11.5 Å². The van der Waals surface area contributed by atoms with E-state index in [1.165, 1.54) is 6.07 Å². The topological polar surface area (TPSA) is 88.0 Å². The number of aromatic amines is 1. The van der Waals surface area contributed by atoms with Gasteiger partial charge in [-0.05, 0) is 25.0 Å². The summed E-state index contributed by atoms with van der Waals surface area (Å²) < 4.78 is 1.95. The van der Waals surface area contributed by atoms with Gasteiger partial charge in [0.2, 0.25) is 0 Å². The zero-order valence-electron chi connectivity index (χ0n) is 9.67. The molecule has 0 fully saturated rings. The van der Waals surface area contributed by atoms with Crippen LogP contribution in [0.2, 0.25) is 0 Å². The highest BCUT2D eigenvalue weighted by molar-refractivity contribution is 5.86. The molecule has 0 bridgehead atoms. The quantitative estimate of drug-likeness (QED) is 0.821. The summed E-state index contributed by atoms with van der Waals surface area (Å²) in [5, 5.41) is 8.73. The standard InChI is InChI=1S/C12H13N3O3/c16-11-10(12(17)18)4-3-9(14-11)2-1-6-15-7-5-13-8-15/h3-5,7-8H,1-2,6H2,(H,14,16)(H,17,18). The third kappa shape index (κ3) is 2.85. The number of aryl methyl sites for hydroxylation is 2. The number of nitrogens with zero attached hydrogens (tertiary/aromatic N) is 2. The third-order valence-electron chi connectivity index (χ3n) is 2.62. The highest BCUT2D eigenvalue weighted by atomic mass is 16.4. The zero-order chi connectivity index (χ0) is 13.0. The van der Waals surface area contributed by atoms with Crippen LogP contribution >= 0.6 is 0 Å². The zero-order valence-corrected chi connectivity index (χ0v) is 9.67. The Morgan fingerprint density at radius 3 is 2.89 bits per heavy atom. The number of aromatic carboxylic acids is 1. The first-order valence-corrected chi connectivity index (χ1v) is 5.58. The number of nitrogens with one attached hydrogen (secondary N) is 1. The van der Waals surface area contributed by atoms with Crippen LogP contribution in [0.3, 0.4) is 0 Å². The second kappa shape index (κ2) is 5.31. The summed E-state index contributed by atoms with van der Waals surface area (Å²) in [6.07, 6.45) is 6.85. The fourth-order valence-electron chi connectivity index (χ4n) is 1.70. The van der Waals surface area contributed by atoms with E-state index in [2.05, 4.69) is 9.97 Å². The maximum absolute atomic E-state index is 11.4. The lowest BCUT2D eigenvalue weighted by Gasteiger charge is -2.03. The molecule has 94 valence electrons. The normalized spacial score (nSPS) is 10.4. The minimum Gasteiger partial charge on any atom is -0.477 e. The SMILES string of the molecule is O=C(O)c1ccc(CCCn2ccnc2)[nH]c1=O. The van der Waals surface area contributed by atoms with Gasteiger partial charge >= 0.3 is 5.97 Å². The van der Waals surface area contributed by atoms with Gasteiger partial charge in [0.25, 0.3) is 5.56 Å². The average Bonchev–Trinajstić information content (AvgIpc) is 2.81. The minimum absolute atomic E-state index is 0.228. The van der Waals surface area contributed by atoms with Crippen LogP contribution in [0, 0.1) is 0 Å². The van der Waals surface area contributed by atoms with Crippen molar-refractivity contribution in [3.8, 4) is 0 Å². The van der Waals surface area contributed by atoms with Gasteiger partial charge in [0.1, 0.15) is 5.56 Å². The van der Waals surface area contributed by atoms with Crippen LogP contribution in [-0.2, 0) is 13.0 Å². The van der Waals surface area contributed by atoms with Gasteiger partial charge in [0, 0.05) is 24.6 Å². The second-order valence-corrected chi connectivity index (χ2v) is 3.94. The number of hydrogen-bond acceptors (Lipinski definition) is 3. The van der Waals surface area contributed by atoms with Crippen LogP contribution in [0.5, 0.6) is 0 Å². The Morgan fingerprint density at radius 1 is 1.44 bits per heavy atom. The Bertz CT molecular complexity index is 587. The number of carboxylic acid groups (broad SMARTS) is 1. The van der Waals surface area contributed by atoms with Crippen molar-refractivity contribution >= 4 is 5.97 Å². The maximum atomic E-state index is 11.4. The van der Waals surface area contributed by atoms with Crippen LogP contribution in [-0.4, -0.2) is 25.6 Å². The molecule has 0 atom stereocenters. The van der Waals surface area contributed by atoms with Crippen molar-refractivity contribution < 1.29 is 9.90 Å². The molecule has 0 amide bonds. The molecule has 18 heavy (non-hydrogen) atoms. The molecule has 0 aliphatic rings. The molecule has 0 saturated heterocycles. The van der Waals surface area contributed by atoms with E-state index in [1.807, 2.05) is 10.8 Å². The van der Waals surface area contributed by atoms with Gasteiger partial charge in [0.05, 0.1) is 6.33 Å². The van der Waals surface area contributed by atoms with Crippen molar-refractivity contribution in [2.75, 3.05) is 0 Å². The van der Waals surface area contributed by atoms with Crippen molar-refractivity contribution in [1.82, 2.24) is 14.5 Å². The monoisotopic (exact) mass is 247 g/mol. The lowest BCUT2D eigenvalue weighted by molar-refractivity contribution is 0.0695. The van der Waals surface area contributed by atoms with E-state index in [1.54, 1.807) is 18.6 Å². The van der Waals surface area contributed by atoms with Gasteiger partial charge in [0.15, 0.2) is 0 Å². The summed E-state index contributed by atoms with van der Waals surface area (Å²) in [6, 6.07) is 2.98. The number of hydrogen-bond donors (Lipinski definition) is 2. The first kappa shape index (κ1) is 12.1. The van der Waals surface area contributed by atoms with Crippen LogP contribution in [0.25, 0.3) is 0 Å². The van der Waals surface area contributed by atoms with E-state index in [0.717, 1.165) is 18.7 Å². The van der Waals surface area contributed by atoms with Crippen molar-refractivity contribution in [3.05, 3.63) is 52.5 Å². The number of imidazole rings is 1. The number of carboxylic acids is 1. The van der Waals surface area contributed by atoms with Crippen LogP contribution in [0.15, 0.2) is 35.6 Å². The first-order chi connectivity index (χ1) is 8.66. The summed E-state index contributed by atoms with van der Waals surface area (Å²) in [4.78, 5) is 28.6. The molecule has 6 nitrogen and oxygen atoms in total. The van der Waals surface area contributed by atoms with Crippen molar-refractivity contribution in [2.24, 2.45) is 0 Å². The third-order valence-corrected chi connectivity index (χ3v) is 2.62. The van der Waals surface area contributed by atoms with E-state index in [0.29, 0.717) is 6.42 Å². The summed E-state index contributed by atoms with van der Waals surface area (Å²) in [6.45, 7) is 0.808. The van der Waals surface area contributed by atoms with E-state index in [-0.39, 0.29) is 5.56 Å². The number of H-pyrrole nitrogens is 1. The highest BCUT2D eigenvalue weighted by Crippen LogP contribution is 2.01. The predicted octanol–water partition coefficient (Wildman–Crippen LogP) is 0.902. The summed E-state index contributed by atoms with van der Waals surface area (Å²) >= 11 is 0. The van der Waals surface area contributed by atoms with Gasteiger partial charge < -0.3 is 14.7 Å². The molecular weight excluding hydrogens is 234 g/mol. The summed E-state index contributed by atoms with van der Waals surface area (Å²) in [5.41, 5.74) is -0.0406. The number of carbonyl (C=O) groups is 1. The van der Waals surface area contributed by atoms with Crippen molar-refractivity contribution in [3.63, 3.8) is 0 Å². The van der Waals surface area contributed by atoms with E-state index >= 15 is 0 Å². The molecule has 0 aliphatic carbocycles. The minimum atomic E-state index is -1.21. The number of aromatic nitrogens is 3. The lowest BCUT2D eigenvalue weighted by Crippen LogP contribution is -2.18. The van der Waals surface area contributed by atoms with Crippen LogP contribution in [0.4, 0.5) is 0 Å². The van der Waals surface area contributed by atoms with Gasteiger partial charge in [-0.2, -0.15) is 0 Å². The molecule has 2 rings (SSSR count). The van der Waals surface area contributed by atoms with Crippen LogP contribution < -0.4 is 5.56 Å². The van der Waals surface area contributed by atoms with Gasteiger partial charge in [-0.25, -0.2) is 9.78 Å². The van der Waals surface area contributed by atoms with Crippen LogP contribution in [0.1, 0.15) is 22.5 Å². The molecule has 2 N–H and O–H groups in total. The Kier molecular flexibility index (Phi) is 3.57. The second-order valence-electron chi connectivity index (χ2n) is 3.94.